The highest BCUT2D eigenvalue weighted by atomic mass is 15.1. The maximum absolute atomic E-state index is 8.77. The van der Waals surface area contributed by atoms with Crippen LogP contribution in [0.5, 0.6) is 0 Å². The van der Waals surface area contributed by atoms with Crippen molar-refractivity contribution in [3.05, 3.63) is 23.8 Å². The van der Waals surface area contributed by atoms with Crippen LogP contribution in [0.3, 0.4) is 0 Å². The lowest BCUT2D eigenvalue weighted by atomic mass is 10.1. The van der Waals surface area contributed by atoms with Crippen LogP contribution in [0.2, 0.25) is 0 Å². The standard InChI is InChI=1S/C15H24N4/c1-4-19(5-2)11-12(3)18-14-6-7-15(17)13(10-14)8-9-16/h6-7,10,12,18H,4-5,8,11,17H2,1-3H3. The first-order chi connectivity index (χ1) is 9.10. The fourth-order valence-corrected chi connectivity index (χ4v) is 2.13. The SMILES string of the molecule is CCN(CC)CC(C)Nc1ccc(N)c(CC#N)c1. The van der Waals surface area contributed by atoms with E-state index in [9.17, 15) is 0 Å². The lowest BCUT2D eigenvalue weighted by Crippen LogP contribution is -2.34. The van der Waals surface area contributed by atoms with E-state index in [1.54, 1.807) is 0 Å². The van der Waals surface area contributed by atoms with Gasteiger partial charge in [-0.15, -0.1) is 0 Å². The van der Waals surface area contributed by atoms with Crippen molar-refractivity contribution in [3.8, 4) is 6.07 Å². The van der Waals surface area contributed by atoms with Crippen molar-refractivity contribution in [2.75, 3.05) is 30.7 Å². The van der Waals surface area contributed by atoms with Crippen LogP contribution in [0.25, 0.3) is 0 Å². The summed E-state index contributed by atoms with van der Waals surface area (Å²) in [5.74, 6) is 0. The normalized spacial score (nSPS) is 12.2. The Balaban J connectivity index is 2.66. The summed E-state index contributed by atoms with van der Waals surface area (Å²) in [5, 5.41) is 12.2. The second-order valence-electron chi connectivity index (χ2n) is 4.78. The number of hydrogen-bond donors (Lipinski definition) is 2. The van der Waals surface area contributed by atoms with Crippen molar-refractivity contribution < 1.29 is 0 Å². The molecule has 0 radical (unpaired) electrons. The van der Waals surface area contributed by atoms with E-state index in [2.05, 4.69) is 37.1 Å². The Labute approximate surface area is 116 Å². The smallest absolute Gasteiger partial charge is 0.0670 e. The molecule has 0 saturated carbocycles. The number of likely N-dealkylation sites (N-methyl/N-ethyl adjacent to an activating group) is 1. The van der Waals surface area contributed by atoms with Gasteiger partial charge in [0.15, 0.2) is 0 Å². The fraction of sp³-hybridized carbons (Fsp3) is 0.533. The third-order valence-electron chi connectivity index (χ3n) is 3.25. The molecule has 3 N–H and O–H groups in total. The summed E-state index contributed by atoms with van der Waals surface area (Å²) in [6.07, 6.45) is 0.353. The number of hydrogen-bond acceptors (Lipinski definition) is 4. The molecule has 0 spiro atoms. The first kappa shape index (κ1) is 15.3. The summed E-state index contributed by atoms with van der Waals surface area (Å²) in [6, 6.07) is 8.30. The van der Waals surface area contributed by atoms with Gasteiger partial charge in [-0.05, 0) is 43.8 Å². The molecule has 1 rings (SSSR count). The zero-order valence-corrected chi connectivity index (χ0v) is 12.1. The molecule has 104 valence electrons. The summed E-state index contributed by atoms with van der Waals surface area (Å²) < 4.78 is 0. The van der Waals surface area contributed by atoms with Crippen LogP contribution < -0.4 is 11.1 Å². The average molecular weight is 260 g/mol. The quantitative estimate of drug-likeness (QED) is 0.739. The minimum Gasteiger partial charge on any atom is -0.398 e. The van der Waals surface area contributed by atoms with Gasteiger partial charge >= 0.3 is 0 Å². The number of nitrogen functional groups attached to an aromatic ring is 1. The number of nitrogens with one attached hydrogen (secondary N) is 1. The van der Waals surface area contributed by atoms with Gasteiger partial charge in [-0.25, -0.2) is 0 Å². The van der Waals surface area contributed by atoms with Gasteiger partial charge in [0.2, 0.25) is 0 Å². The van der Waals surface area contributed by atoms with Gasteiger partial charge in [0.05, 0.1) is 12.5 Å². The van der Waals surface area contributed by atoms with Gasteiger partial charge in [0.1, 0.15) is 0 Å². The number of nitrogens with zero attached hydrogens (tertiary/aromatic N) is 2. The number of rotatable bonds is 7. The van der Waals surface area contributed by atoms with Gasteiger partial charge in [0, 0.05) is 24.0 Å². The van der Waals surface area contributed by atoms with Gasteiger partial charge in [-0.2, -0.15) is 5.26 Å². The predicted molar refractivity (Wildman–Crippen MR) is 81.0 cm³/mol. The number of benzene rings is 1. The molecular weight excluding hydrogens is 236 g/mol. The van der Waals surface area contributed by atoms with Crippen LogP contribution in [0.15, 0.2) is 18.2 Å². The molecule has 0 heterocycles. The molecular formula is C15H24N4. The van der Waals surface area contributed by atoms with Crippen molar-refractivity contribution >= 4 is 11.4 Å². The molecule has 1 unspecified atom stereocenters. The lowest BCUT2D eigenvalue weighted by molar-refractivity contribution is 0.295. The lowest BCUT2D eigenvalue weighted by Gasteiger charge is -2.24. The van der Waals surface area contributed by atoms with Crippen LogP contribution >= 0.6 is 0 Å². The summed E-state index contributed by atoms with van der Waals surface area (Å²) in [5.41, 5.74) is 8.44. The van der Waals surface area contributed by atoms with Gasteiger partial charge in [-0.1, -0.05) is 13.8 Å². The Bertz CT molecular complexity index is 432. The Kier molecular flexibility index (Phi) is 6.17. The van der Waals surface area contributed by atoms with E-state index in [1.165, 1.54) is 0 Å². The van der Waals surface area contributed by atoms with E-state index >= 15 is 0 Å². The highest BCUT2D eigenvalue weighted by molar-refractivity contribution is 5.58. The van der Waals surface area contributed by atoms with E-state index < -0.39 is 0 Å². The molecule has 0 amide bonds. The summed E-state index contributed by atoms with van der Waals surface area (Å²) in [4.78, 5) is 2.38. The molecule has 19 heavy (non-hydrogen) atoms. The number of nitriles is 1. The Morgan fingerprint density at radius 3 is 2.63 bits per heavy atom. The maximum Gasteiger partial charge on any atom is 0.0670 e. The van der Waals surface area contributed by atoms with Crippen LogP contribution in [0.1, 0.15) is 26.3 Å². The molecule has 1 aromatic carbocycles. The molecule has 4 nitrogen and oxygen atoms in total. The largest absolute Gasteiger partial charge is 0.398 e. The molecule has 4 heteroatoms. The first-order valence-corrected chi connectivity index (χ1v) is 6.84. The number of nitrogens with two attached hydrogens (primary N) is 1. The highest BCUT2D eigenvalue weighted by Crippen LogP contribution is 2.19. The minimum atomic E-state index is 0.353. The van der Waals surface area contributed by atoms with E-state index in [0.29, 0.717) is 18.2 Å². The third-order valence-corrected chi connectivity index (χ3v) is 3.25. The molecule has 1 aromatic rings. The van der Waals surface area contributed by atoms with E-state index in [4.69, 9.17) is 11.0 Å². The van der Waals surface area contributed by atoms with Gasteiger partial charge < -0.3 is 16.0 Å². The Morgan fingerprint density at radius 2 is 2.05 bits per heavy atom. The van der Waals surface area contributed by atoms with Crippen molar-refractivity contribution in [2.24, 2.45) is 0 Å². The topological polar surface area (TPSA) is 65.1 Å². The van der Waals surface area contributed by atoms with Crippen molar-refractivity contribution in [3.63, 3.8) is 0 Å². The zero-order valence-electron chi connectivity index (χ0n) is 12.1. The fourth-order valence-electron chi connectivity index (χ4n) is 2.13. The molecule has 0 aliphatic rings. The second kappa shape index (κ2) is 7.65. The summed E-state index contributed by atoms with van der Waals surface area (Å²) in [7, 11) is 0. The van der Waals surface area contributed by atoms with Crippen LogP contribution in [-0.4, -0.2) is 30.6 Å². The zero-order chi connectivity index (χ0) is 14.3. The van der Waals surface area contributed by atoms with E-state index in [0.717, 1.165) is 30.9 Å². The van der Waals surface area contributed by atoms with Crippen molar-refractivity contribution in [1.29, 1.82) is 5.26 Å². The van der Waals surface area contributed by atoms with Crippen LogP contribution in [-0.2, 0) is 6.42 Å². The molecule has 1 atom stereocenters. The Morgan fingerprint density at radius 1 is 1.37 bits per heavy atom. The monoisotopic (exact) mass is 260 g/mol. The van der Waals surface area contributed by atoms with Crippen LogP contribution in [0.4, 0.5) is 11.4 Å². The van der Waals surface area contributed by atoms with Gasteiger partial charge in [0.25, 0.3) is 0 Å². The van der Waals surface area contributed by atoms with Crippen LogP contribution in [0, 0.1) is 11.3 Å². The molecule has 0 aromatic heterocycles. The molecule has 0 bridgehead atoms. The molecule has 0 aliphatic heterocycles. The highest BCUT2D eigenvalue weighted by Gasteiger charge is 2.08. The molecule has 0 aliphatic carbocycles. The van der Waals surface area contributed by atoms with Gasteiger partial charge in [-0.3, -0.25) is 0 Å². The first-order valence-electron chi connectivity index (χ1n) is 6.84. The molecule has 0 saturated heterocycles. The number of anilines is 2. The van der Waals surface area contributed by atoms with Crippen molar-refractivity contribution in [2.45, 2.75) is 33.2 Å². The summed E-state index contributed by atoms with van der Waals surface area (Å²) >= 11 is 0. The molecule has 0 fully saturated rings. The third kappa shape index (κ3) is 4.80. The van der Waals surface area contributed by atoms with E-state index in [1.807, 2.05) is 18.2 Å². The van der Waals surface area contributed by atoms with Crippen molar-refractivity contribution in [1.82, 2.24) is 4.90 Å². The predicted octanol–water partition coefficient (Wildman–Crippen LogP) is 2.48. The van der Waals surface area contributed by atoms with E-state index in [-0.39, 0.29) is 0 Å². The summed E-state index contributed by atoms with van der Waals surface area (Å²) in [6.45, 7) is 9.63. The maximum atomic E-state index is 8.77. The average Bonchev–Trinajstić information content (AvgIpc) is 2.40. The second-order valence-corrected chi connectivity index (χ2v) is 4.78. The Hall–Kier alpha value is -1.73. The minimum absolute atomic E-state index is 0.353.